The van der Waals surface area contributed by atoms with Crippen LogP contribution in [0.2, 0.25) is 5.02 Å². The molecule has 1 rings (SSSR count). The molecular weight excluding hydrogens is 202 g/mol. The Morgan fingerprint density at radius 3 is 2.79 bits per heavy atom. The average Bonchev–Trinajstić information content (AvgIpc) is 2.20. The number of carbonyl (C=O) groups excluding carboxylic acids is 1. The van der Waals surface area contributed by atoms with Gasteiger partial charge in [-0.3, -0.25) is 4.79 Å². The maximum Gasteiger partial charge on any atom is 0.319 e. The molecule has 2 N–H and O–H groups in total. The molecular formula is C10H12ClNO2. The molecule has 0 fully saturated rings. The molecule has 1 aromatic rings. The summed E-state index contributed by atoms with van der Waals surface area (Å²) in [7, 11) is 0. The van der Waals surface area contributed by atoms with Gasteiger partial charge in [-0.05, 0) is 11.6 Å². The summed E-state index contributed by atoms with van der Waals surface area (Å²) in [4.78, 5) is 10.7. The van der Waals surface area contributed by atoms with Crippen LogP contribution in [-0.2, 0) is 16.0 Å². The van der Waals surface area contributed by atoms with E-state index in [-0.39, 0.29) is 6.54 Å². The third-order valence-corrected chi connectivity index (χ3v) is 2.13. The van der Waals surface area contributed by atoms with E-state index in [1.54, 1.807) is 0 Å². The molecule has 4 heteroatoms. The van der Waals surface area contributed by atoms with Crippen LogP contribution in [0, 0.1) is 0 Å². The predicted molar refractivity (Wildman–Crippen MR) is 55.2 cm³/mol. The molecule has 0 amide bonds. The van der Waals surface area contributed by atoms with Crippen LogP contribution in [0.5, 0.6) is 0 Å². The molecule has 0 saturated carbocycles. The maximum absolute atomic E-state index is 10.7. The molecule has 0 aliphatic heterocycles. The second-order valence-corrected chi connectivity index (χ2v) is 3.17. The Balaban J connectivity index is 2.39. The molecule has 0 saturated heterocycles. The third kappa shape index (κ3) is 3.36. The standard InChI is InChI=1S/C10H12ClNO2/c11-9-4-2-1-3-8(9)5-6-14-10(13)7-12/h1-4H,5-7,12H2. The summed E-state index contributed by atoms with van der Waals surface area (Å²) >= 11 is 5.91. The number of benzene rings is 1. The van der Waals surface area contributed by atoms with Gasteiger partial charge in [0.1, 0.15) is 0 Å². The monoisotopic (exact) mass is 213 g/mol. The second-order valence-electron chi connectivity index (χ2n) is 2.77. The zero-order valence-corrected chi connectivity index (χ0v) is 8.46. The Kier molecular flexibility index (Phi) is 4.43. The number of hydrogen-bond acceptors (Lipinski definition) is 3. The number of ether oxygens (including phenoxy) is 1. The summed E-state index contributed by atoms with van der Waals surface area (Å²) in [5.74, 6) is -0.392. The van der Waals surface area contributed by atoms with Crippen molar-refractivity contribution in [3.05, 3.63) is 34.9 Å². The lowest BCUT2D eigenvalue weighted by molar-refractivity contribution is -0.141. The van der Waals surface area contributed by atoms with Gasteiger partial charge in [0.05, 0.1) is 13.2 Å². The highest BCUT2D eigenvalue weighted by atomic mass is 35.5. The van der Waals surface area contributed by atoms with E-state index < -0.39 is 5.97 Å². The van der Waals surface area contributed by atoms with E-state index in [1.807, 2.05) is 24.3 Å². The van der Waals surface area contributed by atoms with E-state index in [0.29, 0.717) is 18.1 Å². The molecule has 76 valence electrons. The van der Waals surface area contributed by atoms with E-state index in [0.717, 1.165) is 5.56 Å². The average molecular weight is 214 g/mol. The molecule has 1 aromatic carbocycles. The van der Waals surface area contributed by atoms with Crippen LogP contribution in [-0.4, -0.2) is 19.1 Å². The molecule has 3 nitrogen and oxygen atoms in total. The molecule has 14 heavy (non-hydrogen) atoms. The van der Waals surface area contributed by atoms with Gasteiger partial charge in [0, 0.05) is 11.4 Å². The van der Waals surface area contributed by atoms with Gasteiger partial charge in [-0.25, -0.2) is 0 Å². The Bertz CT molecular complexity index is 315. The van der Waals surface area contributed by atoms with Gasteiger partial charge in [0.2, 0.25) is 0 Å². The van der Waals surface area contributed by atoms with E-state index in [2.05, 4.69) is 0 Å². The van der Waals surface area contributed by atoms with Crippen molar-refractivity contribution in [1.82, 2.24) is 0 Å². The van der Waals surface area contributed by atoms with Crippen LogP contribution >= 0.6 is 11.6 Å². The van der Waals surface area contributed by atoms with Crippen LogP contribution < -0.4 is 5.73 Å². The summed E-state index contributed by atoms with van der Waals surface area (Å²) in [6.07, 6.45) is 0.616. The molecule has 0 radical (unpaired) electrons. The zero-order chi connectivity index (χ0) is 10.4. The summed E-state index contributed by atoms with van der Waals surface area (Å²) in [6.45, 7) is 0.238. The van der Waals surface area contributed by atoms with Gasteiger partial charge in [0.25, 0.3) is 0 Å². The lowest BCUT2D eigenvalue weighted by atomic mass is 10.2. The number of halogens is 1. The van der Waals surface area contributed by atoms with Crippen LogP contribution in [0.15, 0.2) is 24.3 Å². The van der Waals surface area contributed by atoms with Crippen LogP contribution in [0.1, 0.15) is 5.56 Å². The summed E-state index contributed by atoms with van der Waals surface area (Å²) < 4.78 is 4.83. The molecule has 0 aliphatic rings. The number of rotatable bonds is 4. The smallest absolute Gasteiger partial charge is 0.319 e. The van der Waals surface area contributed by atoms with Crippen molar-refractivity contribution in [2.24, 2.45) is 5.73 Å². The lowest BCUT2D eigenvalue weighted by Gasteiger charge is -2.04. The summed E-state index contributed by atoms with van der Waals surface area (Å²) in [5, 5.41) is 0.691. The van der Waals surface area contributed by atoms with Crippen molar-refractivity contribution in [2.75, 3.05) is 13.2 Å². The fourth-order valence-electron chi connectivity index (χ4n) is 1.03. The first kappa shape index (κ1) is 11.0. The number of hydrogen-bond donors (Lipinski definition) is 1. The molecule has 0 bridgehead atoms. The van der Waals surface area contributed by atoms with Crippen molar-refractivity contribution in [2.45, 2.75) is 6.42 Å². The molecule has 0 aromatic heterocycles. The minimum Gasteiger partial charge on any atom is -0.464 e. The largest absolute Gasteiger partial charge is 0.464 e. The lowest BCUT2D eigenvalue weighted by Crippen LogP contribution is -2.17. The molecule has 0 aliphatic carbocycles. The molecule has 0 unspecified atom stereocenters. The third-order valence-electron chi connectivity index (χ3n) is 1.76. The normalized spacial score (nSPS) is 9.86. The minimum absolute atomic E-state index is 0.0808. The number of carbonyl (C=O) groups is 1. The first-order valence-corrected chi connectivity index (χ1v) is 4.71. The van der Waals surface area contributed by atoms with Gasteiger partial charge >= 0.3 is 5.97 Å². The molecule has 0 atom stereocenters. The summed E-state index contributed by atoms with van der Waals surface area (Å²) in [5.41, 5.74) is 6.05. The minimum atomic E-state index is -0.392. The first-order chi connectivity index (χ1) is 6.74. The van der Waals surface area contributed by atoms with Crippen molar-refractivity contribution in [3.8, 4) is 0 Å². The van der Waals surface area contributed by atoms with Gasteiger partial charge in [-0.15, -0.1) is 0 Å². The predicted octanol–water partition coefficient (Wildman–Crippen LogP) is 1.38. The Hall–Kier alpha value is -1.06. The van der Waals surface area contributed by atoms with Gasteiger partial charge in [0.15, 0.2) is 0 Å². The Labute approximate surface area is 87.8 Å². The van der Waals surface area contributed by atoms with Gasteiger partial charge in [-0.2, -0.15) is 0 Å². The Morgan fingerprint density at radius 2 is 2.14 bits per heavy atom. The highest BCUT2D eigenvalue weighted by Gasteiger charge is 2.01. The van der Waals surface area contributed by atoms with E-state index in [9.17, 15) is 4.79 Å². The first-order valence-electron chi connectivity index (χ1n) is 4.33. The van der Waals surface area contributed by atoms with Crippen molar-refractivity contribution < 1.29 is 9.53 Å². The molecule has 0 spiro atoms. The number of esters is 1. The fraction of sp³-hybridized carbons (Fsp3) is 0.300. The van der Waals surface area contributed by atoms with Crippen molar-refractivity contribution in [1.29, 1.82) is 0 Å². The van der Waals surface area contributed by atoms with Gasteiger partial charge in [-0.1, -0.05) is 29.8 Å². The zero-order valence-electron chi connectivity index (χ0n) is 7.70. The van der Waals surface area contributed by atoms with Gasteiger partial charge < -0.3 is 10.5 Å². The van der Waals surface area contributed by atoms with Crippen LogP contribution in [0.4, 0.5) is 0 Å². The van der Waals surface area contributed by atoms with Crippen molar-refractivity contribution >= 4 is 17.6 Å². The number of nitrogens with two attached hydrogens (primary N) is 1. The molecule has 0 heterocycles. The maximum atomic E-state index is 10.7. The second kappa shape index (κ2) is 5.62. The fourth-order valence-corrected chi connectivity index (χ4v) is 1.27. The highest BCUT2D eigenvalue weighted by molar-refractivity contribution is 6.31. The Morgan fingerprint density at radius 1 is 1.43 bits per heavy atom. The quantitative estimate of drug-likeness (QED) is 0.769. The topological polar surface area (TPSA) is 52.3 Å². The summed E-state index contributed by atoms with van der Waals surface area (Å²) in [6, 6.07) is 7.46. The van der Waals surface area contributed by atoms with Crippen molar-refractivity contribution in [3.63, 3.8) is 0 Å². The van der Waals surface area contributed by atoms with E-state index in [1.165, 1.54) is 0 Å². The van der Waals surface area contributed by atoms with Crippen LogP contribution in [0.25, 0.3) is 0 Å². The van der Waals surface area contributed by atoms with Crippen LogP contribution in [0.3, 0.4) is 0 Å². The SMILES string of the molecule is NCC(=O)OCCc1ccccc1Cl. The van der Waals surface area contributed by atoms with E-state index >= 15 is 0 Å². The highest BCUT2D eigenvalue weighted by Crippen LogP contribution is 2.15. The van der Waals surface area contributed by atoms with E-state index in [4.69, 9.17) is 22.1 Å².